The molecule has 0 heterocycles. The SMILES string of the molecule is O=C(O)c1ccc2c(c1)C1c3cc(C(=O)O)ccc3C2c2cc(C(=O)O)c(C(=O)O)cc21. The predicted molar refractivity (Wildman–Crippen MR) is 109 cm³/mol. The molecule has 0 saturated heterocycles. The summed E-state index contributed by atoms with van der Waals surface area (Å²) >= 11 is 0. The second kappa shape index (κ2) is 6.52. The third kappa shape index (κ3) is 2.56. The summed E-state index contributed by atoms with van der Waals surface area (Å²) in [5, 5.41) is 38.1. The molecule has 4 N–H and O–H groups in total. The van der Waals surface area contributed by atoms with Gasteiger partial charge in [-0.2, -0.15) is 0 Å². The van der Waals surface area contributed by atoms with E-state index in [1.165, 1.54) is 36.4 Å². The number of hydrogen-bond donors (Lipinski definition) is 4. The lowest BCUT2D eigenvalue weighted by Gasteiger charge is -2.42. The highest BCUT2D eigenvalue weighted by molar-refractivity contribution is 6.02. The Morgan fingerprint density at radius 1 is 0.469 bits per heavy atom. The first kappa shape index (κ1) is 19.5. The largest absolute Gasteiger partial charge is 0.478 e. The molecule has 3 aromatic carbocycles. The van der Waals surface area contributed by atoms with Crippen molar-refractivity contribution < 1.29 is 39.6 Å². The van der Waals surface area contributed by atoms with E-state index in [0.717, 1.165) is 11.1 Å². The molecule has 2 bridgehead atoms. The maximum absolute atomic E-state index is 11.8. The molecule has 3 aliphatic carbocycles. The number of aromatic carboxylic acids is 4. The lowest BCUT2D eigenvalue weighted by molar-refractivity contribution is 0.0651. The first-order chi connectivity index (χ1) is 15.2. The standard InChI is InChI=1S/C24H14O8/c25-21(26)9-1-3-11-13(5-9)20-14-6-10(22(27)28)2-4-12(14)19(11)15-7-17(23(29)30)18(24(31)32)8-16(15)20/h1-8,19-20H,(H,25,26)(H,27,28)(H,29,30)(H,31,32). The van der Waals surface area contributed by atoms with Crippen molar-refractivity contribution in [3.8, 4) is 0 Å². The number of carboxylic acids is 4. The molecule has 0 saturated carbocycles. The van der Waals surface area contributed by atoms with Gasteiger partial charge in [0.25, 0.3) is 0 Å². The van der Waals surface area contributed by atoms with Gasteiger partial charge in [-0.1, -0.05) is 12.1 Å². The maximum Gasteiger partial charge on any atom is 0.336 e. The van der Waals surface area contributed by atoms with E-state index in [-0.39, 0.29) is 22.3 Å². The zero-order valence-electron chi connectivity index (χ0n) is 16.2. The normalized spacial score (nSPS) is 17.1. The summed E-state index contributed by atoms with van der Waals surface area (Å²) in [6.07, 6.45) is 0. The third-order valence-electron chi connectivity index (χ3n) is 6.22. The molecule has 0 amide bonds. The van der Waals surface area contributed by atoms with Crippen molar-refractivity contribution in [3.05, 3.63) is 104 Å². The van der Waals surface area contributed by atoms with Crippen LogP contribution in [0.25, 0.3) is 0 Å². The summed E-state index contributed by atoms with van der Waals surface area (Å²) in [5.74, 6) is -6.12. The second-order valence-electron chi connectivity index (χ2n) is 7.80. The number of benzene rings is 3. The Labute approximate surface area is 180 Å². The van der Waals surface area contributed by atoms with Gasteiger partial charge in [0, 0.05) is 11.8 Å². The van der Waals surface area contributed by atoms with Crippen LogP contribution in [0.15, 0.2) is 48.5 Å². The Balaban J connectivity index is 1.86. The molecule has 158 valence electrons. The highest BCUT2D eigenvalue weighted by Crippen LogP contribution is 2.56. The zero-order valence-corrected chi connectivity index (χ0v) is 16.2. The van der Waals surface area contributed by atoms with Crippen LogP contribution in [0.4, 0.5) is 0 Å². The van der Waals surface area contributed by atoms with Crippen LogP contribution < -0.4 is 0 Å². The van der Waals surface area contributed by atoms with Crippen molar-refractivity contribution in [2.24, 2.45) is 0 Å². The topological polar surface area (TPSA) is 149 Å². The highest BCUT2D eigenvalue weighted by atomic mass is 16.4. The fourth-order valence-corrected chi connectivity index (χ4v) is 4.93. The average Bonchev–Trinajstić information content (AvgIpc) is 2.76. The number of carbonyl (C=O) groups is 4. The number of carboxylic acid groups (broad SMARTS) is 4. The quantitative estimate of drug-likeness (QED) is 0.339. The zero-order chi connectivity index (χ0) is 22.9. The molecule has 0 aliphatic heterocycles. The Morgan fingerprint density at radius 2 is 0.812 bits per heavy atom. The van der Waals surface area contributed by atoms with Crippen LogP contribution in [0.1, 0.15) is 86.6 Å². The number of rotatable bonds is 4. The van der Waals surface area contributed by atoms with Crippen LogP contribution in [-0.2, 0) is 0 Å². The van der Waals surface area contributed by atoms with Crippen molar-refractivity contribution >= 4 is 23.9 Å². The van der Waals surface area contributed by atoms with Gasteiger partial charge in [-0.3, -0.25) is 0 Å². The van der Waals surface area contributed by atoms with E-state index in [1.54, 1.807) is 12.1 Å². The van der Waals surface area contributed by atoms with Gasteiger partial charge < -0.3 is 20.4 Å². The molecular weight excluding hydrogens is 416 g/mol. The molecule has 6 rings (SSSR count). The van der Waals surface area contributed by atoms with Crippen LogP contribution in [0.3, 0.4) is 0 Å². The van der Waals surface area contributed by atoms with Crippen LogP contribution in [0.2, 0.25) is 0 Å². The minimum atomic E-state index is -1.40. The van der Waals surface area contributed by atoms with Crippen LogP contribution in [0.5, 0.6) is 0 Å². The summed E-state index contributed by atoms with van der Waals surface area (Å²) in [5.41, 5.74) is 3.36. The van der Waals surface area contributed by atoms with Crippen LogP contribution in [-0.4, -0.2) is 44.3 Å². The molecule has 8 nitrogen and oxygen atoms in total. The van der Waals surface area contributed by atoms with Gasteiger partial charge in [0.15, 0.2) is 0 Å². The van der Waals surface area contributed by atoms with Gasteiger partial charge in [-0.05, 0) is 69.8 Å². The third-order valence-corrected chi connectivity index (χ3v) is 6.22. The molecule has 0 radical (unpaired) electrons. The van der Waals surface area contributed by atoms with Gasteiger partial charge in [-0.25, -0.2) is 19.2 Å². The van der Waals surface area contributed by atoms with E-state index in [2.05, 4.69) is 0 Å². The monoisotopic (exact) mass is 430 g/mol. The van der Waals surface area contributed by atoms with Crippen molar-refractivity contribution in [2.45, 2.75) is 11.8 Å². The average molecular weight is 430 g/mol. The molecule has 0 spiro atoms. The molecular formula is C24H14O8. The maximum atomic E-state index is 11.8. The Morgan fingerprint density at radius 3 is 1.16 bits per heavy atom. The first-order valence-corrected chi connectivity index (χ1v) is 9.57. The summed E-state index contributed by atoms with van der Waals surface area (Å²) in [6, 6.07) is 12.0. The lowest BCUT2D eigenvalue weighted by atomic mass is 9.60. The van der Waals surface area contributed by atoms with E-state index in [1.807, 2.05) is 0 Å². The summed E-state index contributed by atoms with van der Waals surface area (Å²) < 4.78 is 0. The Bertz CT molecular complexity index is 1340. The molecule has 0 fully saturated rings. The number of hydrogen-bond acceptors (Lipinski definition) is 4. The van der Waals surface area contributed by atoms with Crippen LogP contribution >= 0.6 is 0 Å². The van der Waals surface area contributed by atoms with Gasteiger partial charge in [0.05, 0.1) is 22.3 Å². The second-order valence-corrected chi connectivity index (χ2v) is 7.80. The predicted octanol–water partition coefficient (Wildman–Crippen LogP) is 3.47. The van der Waals surface area contributed by atoms with Gasteiger partial charge in [-0.15, -0.1) is 0 Å². The fraction of sp³-hybridized carbons (Fsp3) is 0.0833. The summed E-state index contributed by atoms with van der Waals surface area (Å²) in [4.78, 5) is 46.7. The van der Waals surface area contributed by atoms with Crippen molar-refractivity contribution in [1.29, 1.82) is 0 Å². The van der Waals surface area contributed by atoms with Crippen molar-refractivity contribution in [1.82, 2.24) is 0 Å². The summed E-state index contributed by atoms with van der Waals surface area (Å²) in [6.45, 7) is 0. The molecule has 3 aliphatic rings. The minimum absolute atomic E-state index is 0.0504. The Kier molecular flexibility index (Phi) is 3.97. The van der Waals surface area contributed by atoms with E-state index in [4.69, 9.17) is 0 Å². The first-order valence-electron chi connectivity index (χ1n) is 9.57. The molecule has 32 heavy (non-hydrogen) atoms. The van der Waals surface area contributed by atoms with Crippen molar-refractivity contribution in [3.63, 3.8) is 0 Å². The van der Waals surface area contributed by atoms with Gasteiger partial charge in [0.1, 0.15) is 0 Å². The fourth-order valence-electron chi connectivity index (χ4n) is 4.93. The van der Waals surface area contributed by atoms with Gasteiger partial charge in [0.2, 0.25) is 0 Å². The van der Waals surface area contributed by atoms with E-state index < -0.39 is 35.7 Å². The summed E-state index contributed by atoms with van der Waals surface area (Å²) in [7, 11) is 0. The molecule has 0 aromatic heterocycles. The molecule has 0 unspecified atom stereocenters. The van der Waals surface area contributed by atoms with E-state index in [9.17, 15) is 39.6 Å². The molecule has 0 atom stereocenters. The van der Waals surface area contributed by atoms with Gasteiger partial charge >= 0.3 is 23.9 Å². The smallest absolute Gasteiger partial charge is 0.336 e. The van der Waals surface area contributed by atoms with Crippen molar-refractivity contribution in [2.75, 3.05) is 0 Å². The van der Waals surface area contributed by atoms with Crippen LogP contribution in [0, 0.1) is 0 Å². The molecule has 8 heteroatoms. The molecule has 3 aromatic rings. The van der Waals surface area contributed by atoms with E-state index >= 15 is 0 Å². The Hall–Kier alpha value is -4.46. The van der Waals surface area contributed by atoms with E-state index in [0.29, 0.717) is 22.3 Å². The lowest BCUT2D eigenvalue weighted by Crippen LogP contribution is -2.29. The minimum Gasteiger partial charge on any atom is -0.478 e. The highest BCUT2D eigenvalue weighted by Gasteiger charge is 2.43.